The van der Waals surface area contributed by atoms with Crippen molar-refractivity contribution in [2.45, 2.75) is 25.3 Å². The van der Waals surface area contributed by atoms with E-state index >= 15 is 0 Å². The van der Waals surface area contributed by atoms with E-state index in [0.29, 0.717) is 29.4 Å². The van der Waals surface area contributed by atoms with E-state index in [1.807, 2.05) is 0 Å². The maximum absolute atomic E-state index is 12.7. The molecule has 1 aliphatic rings. The van der Waals surface area contributed by atoms with E-state index in [1.165, 1.54) is 27.4 Å². The topological polar surface area (TPSA) is 94.2 Å². The van der Waals surface area contributed by atoms with Crippen molar-refractivity contribution in [1.29, 1.82) is 0 Å². The first-order valence-corrected chi connectivity index (χ1v) is 10.9. The normalized spacial score (nSPS) is 17.6. The number of hydrogen-bond donors (Lipinski definition) is 1. The Morgan fingerprint density at radius 2 is 1.79 bits per heavy atom. The molecule has 1 aromatic carbocycles. The lowest BCUT2D eigenvalue weighted by atomic mass is 10.0. The summed E-state index contributed by atoms with van der Waals surface area (Å²) in [7, 11) is 1.32. The number of rotatable bonds is 8. The van der Waals surface area contributed by atoms with Gasteiger partial charge >= 0.3 is 0 Å². The van der Waals surface area contributed by atoms with Crippen LogP contribution in [0, 0.1) is 0 Å². The molecule has 1 heterocycles. The Hall–Kier alpha value is -2.26. The molecule has 0 bridgehead atoms. The van der Waals surface area contributed by atoms with E-state index in [1.54, 1.807) is 23.1 Å². The van der Waals surface area contributed by atoms with Crippen LogP contribution in [0.15, 0.2) is 18.2 Å². The third-order valence-corrected chi connectivity index (χ3v) is 5.32. The molecule has 1 fully saturated rings. The minimum absolute atomic E-state index is 0.159. The predicted molar refractivity (Wildman–Crippen MR) is 107 cm³/mol. The SMILES string of the molecule is COc1cc(OC)c(OC)cc1/C=C/C(=O)N1CCCCC1CNS(C)(=O)=O. The van der Waals surface area contributed by atoms with E-state index in [9.17, 15) is 13.2 Å². The monoisotopic (exact) mass is 412 g/mol. The van der Waals surface area contributed by atoms with Gasteiger partial charge < -0.3 is 19.1 Å². The summed E-state index contributed by atoms with van der Waals surface area (Å²) in [5.41, 5.74) is 0.677. The van der Waals surface area contributed by atoms with Crippen molar-refractivity contribution in [1.82, 2.24) is 9.62 Å². The van der Waals surface area contributed by atoms with Gasteiger partial charge in [-0.2, -0.15) is 0 Å². The molecule has 0 aromatic heterocycles. The molecule has 0 radical (unpaired) electrons. The van der Waals surface area contributed by atoms with Gasteiger partial charge in [-0.25, -0.2) is 13.1 Å². The summed E-state index contributed by atoms with van der Waals surface area (Å²) >= 11 is 0. The lowest BCUT2D eigenvalue weighted by molar-refractivity contribution is -0.129. The molecular weight excluding hydrogens is 384 g/mol. The minimum Gasteiger partial charge on any atom is -0.496 e. The predicted octanol–water partition coefficient (Wildman–Crippen LogP) is 1.66. The van der Waals surface area contributed by atoms with Crippen LogP contribution in [0.2, 0.25) is 0 Å². The maximum Gasteiger partial charge on any atom is 0.246 e. The average Bonchev–Trinajstić information content (AvgIpc) is 2.69. The number of amides is 1. The van der Waals surface area contributed by atoms with Gasteiger partial charge in [0.25, 0.3) is 0 Å². The fraction of sp³-hybridized carbons (Fsp3) is 0.526. The molecule has 0 spiro atoms. The van der Waals surface area contributed by atoms with Crippen LogP contribution >= 0.6 is 0 Å². The molecule has 1 amide bonds. The molecule has 9 heteroatoms. The Balaban J connectivity index is 2.18. The number of sulfonamides is 1. The molecule has 1 aromatic rings. The van der Waals surface area contributed by atoms with Crippen LogP contribution in [0.1, 0.15) is 24.8 Å². The van der Waals surface area contributed by atoms with Gasteiger partial charge in [0.15, 0.2) is 11.5 Å². The number of carbonyl (C=O) groups excluding carboxylic acids is 1. The molecule has 1 unspecified atom stereocenters. The highest BCUT2D eigenvalue weighted by atomic mass is 32.2. The first kappa shape index (κ1) is 22.0. The largest absolute Gasteiger partial charge is 0.496 e. The Morgan fingerprint density at radius 3 is 2.39 bits per heavy atom. The zero-order valence-corrected chi connectivity index (χ0v) is 17.5. The molecular formula is C19H28N2O6S. The van der Waals surface area contributed by atoms with Gasteiger partial charge in [0.05, 0.1) is 27.6 Å². The minimum atomic E-state index is -3.30. The summed E-state index contributed by atoms with van der Waals surface area (Å²) in [5, 5.41) is 0. The number of likely N-dealkylation sites (tertiary alicyclic amines) is 1. The third kappa shape index (κ3) is 5.87. The summed E-state index contributed by atoms with van der Waals surface area (Å²) in [5.74, 6) is 1.45. The van der Waals surface area contributed by atoms with E-state index in [2.05, 4.69) is 4.72 Å². The second-order valence-corrected chi connectivity index (χ2v) is 8.42. The number of piperidine rings is 1. The summed E-state index contributed by atoms with van der Waals surface area (Å²) in [4.78, 5) is 14.5. The van der Waals surface area contributed by atoms with Gasteiger partial charge in [0.1, 0.15) is 5.75 Å². The molecule has 8 nitrogen and oxygen atoms in total. The third-order valence-electron chi connectivity index (χ3n) is 4.63. The highest BCUT2D eigenvalue weighted by molar-refractivity contribution is 7.88. The summed E-state index contributed by atoms with van der Waals surface area (Å²) in [6.45, 7) is 0.820. The summed E-state index contributed by atoms with van der Waals surface area (Å²) < 4.78 is 41.2. The molecule has 156 valence electrons. The number of hydrogen-bond acceptors (Lipinski definition) is 6. The van der Waals surface area contributed by atoms with Crippen LogP contribution in [0.4, 0.5) is 0 Å². The van der Waals surface area contributed by atoms with Crippen molar-refractivity contribution in [2.24, 2.45) is 0 Å². The number of methoxy groups -OCH3 is 3. The number of carbonyl (C=O) groups is 1. The van der Waals surface area contributed by atoms with Crippen molar-refractivity contribution in [2.75, 3.05) is 40.7 Å². The van der Waals surface area contributed by atoms with Crippen molar-refractivity contribution < 1.29 is 27.4 Å². The van der Waals surface area contributed by atoms with Gasteiger partial charge in [0, 0.05) is 36.8 Å². The first-order valence-electron chi connectivity index (χ1n) is 9.02. The number of ether oxygens (including phenoxy) is 3. The van der Waals surface area contributed by atoms with E-state index in [0.717, 1.165) is 25.5 Å². The van der Waals surface area contributed by atoms with Gasteiger partial charge in [0.2, 0.25) is 15.9 Å². The Kier molecular flexibility index (Phi) is 7.70. The molecule has 1 N–H and O–H groups in total. The second kappa shape index (κ2) is 9.79. The van der Waals surface area contributed by atoms with Crippen LogP contribution in [0.25, 0.3) is 6.08 Å². The van der Waals surface area contributed by atoms with Crippen molar-refractivity contribution in [3.05, 3.63) is 23.8 Å². The van der Waals surface area contributed by atoms with E-state index < -0.39 is 10.0 Å². The number of nitrogens with one attached hydrogen (secondary N) is 1. The number of benzene rings is 1. The fourth-order valence-electron chi connectivity index (χ4n) is 3.19. The van der Waals surface area contributed by atoms with Crippen LogP contribution in [0.5, 0.6) is 17.2 Å². The van der Waals surface area contributed by atoms with Crippen molar-refractivity contribution >= 4 is 22.0 Å². The molecule has 0 saturated carbocycles. The molecule has 1 saturated heterocycles. The van der Waals surface area contributed by atoms with Crippen LogP contribution < -0.4 is 18.9 Å². The summed E-state index contributed by atoms with van der Waals surface area (Å²) in [6.07, 6.45) is 6.88. The Morgan fingerprint density at radius 1 is 1.14 bits per heavy atom. The smallest absolute Gasteiger partial charge is 0.246 e. The lowest BCUT2D eigenvalue weighted by Gasteiger charge is -2.35. The zero-order valence-electron chi connectivity index (χ0n) is 16.7. The summed E-state index contributed by atoms with van der Waals surface area (Å²) in [6, 6.07) is 3.27. The highest BCUT2D eigenvalue weighted by Crippen LogP contribution is 2.35. The van der Waals surface area contributed by atoms with Crippen LogP contribution in [0.3, 0.4) is 0 Å². The zero-order chi connectivity index (χ0) is 20.7. The second-order valence-electron chi connectivity index (χ2n) is 6.58. The Labute approximate surface area is 166 Å². The van der Waals surface area contributed by atoms with Gasteiger partial charge in [-0.05, 0) is 31.4 Å². The van der Waals surface area contributed by atoms with Crippen molar-refractivity contribution in [3.63, 3.8) is 0 Å². The molecule has 28 heavy (non-hydrogen) atoms. The molecule has 2 rings (SSSR count). The first-order chi connectivity index (χ1) is 13.3. The van der Waals surface area contributed by atoms with Crippen LogP contribution in [-0.4, -0.2) is 65.9 Å². The quantitative estimate of drug-likeness (QED) is 0.653. The highest BCUT2D eigenvalue weighted by Gasteiger charge is 2.26. The van der Waals surface area contributed by atoms with Gasteiger partial charge in [-0.3, -0.25) is 4.79 Å². The van der Waals surface area contributed by atoms with Crippen molar-refractivity contribution in [3.8, 4) is 17.2 Å². The lowest BCUT2D eigenvalue weighted by Crippen LogP contribution is -2.48. The van der Waals surface area contributed by atoms with Gasteiger partial charge in [-0.1, -0.05) is 0 Å². The molecule has 0 aliphatic carbocycles. The van der Waals surface area contributed by atoms with E-state index in [-0.39, 0.29) is 18.5 Å². The average molecular weight is 413 g/mol. The van der Waals surface area contributed by atoms with E-state index in [4.69, 9.17) is 14.2 Å². The molecule has 1 aliphatic heterocycles. The Bertz CT molecular complexity index is 822. The maximum atomic E-state index is 12.7. The fourth-order valence-corrected chi connectivity index (χ4v) is 3.69. The standard InChI is InChI=1S/C19H28N2O6S/c1-25-16-12-18(27-3)17(26-2)11-14(16)8-9-19(22)21-10-6-5-7-15(21)13-20-28(4,23)24/h8-9,11-12,15,20H,5-7,10,13H2,1-4H3/b9-8+. The molecule has 1 atom stereocenters. The van der Waals surface area contributed by atoms with Crippen LogP contribution in [-0.2, 0) is 14.8 Å². The van der Waals surface area contributed by atoms with Gasteiger partial charge in [-0.15, -0.1) is 0 Å². The number of nitrogens with zero attached hydrogens (tertiary/aromatic N) is 1.